The van der Waals surface area contributed by atoms with Gasteiger partial charge in [0.2, 0.25) is 11.8 Å². The Morgan fingerprint density at radius 2 is 1.87 bits per heavy atom. The summed E-state index contributed by atoms with van der Waals surface area (Å²) in [6, 6.07) is 7.18. The fourth-order valence-corrected chi connectivity index (χ4v) is 3.03. The number of aromatic nitrogens is 1. The largest absolute Gasteiger partial charge is 0.441 e. The molecule has 2 aromatic carbocycles. The Labute approximate surface area is 170 Å². The molecular formula is C21H18F3N3O3. The van der Waals surface area contributed by atoms with Crippen LogP contribution >= 0.6 is 0 Å². The summed E-state index contributed by atoms with van der Waals surface area (Å²) in [7, 11) is 1.39. The number of oxazole rings is 1. The third-order valence-corrected chi connectivity index (χ3v) is 4.52. The quantitative estimate of drug-likeness (QED) is 0.638. The lowest BCUT2D eigenvalue weighted by Gasteiger charge is -2.26. The van der Waals surface area contributed by atoms with E-state index in [2.05, 4.69) is 4.98 Å². The molecule has 2 N–H and O–H groups in total. The highest BCUT2D eigenvalue weighted by Gasteiger charge is 2.27. The number of nitrogens with two attached hydrogens (primary N) is 1. The van der Waals surface area contributed by atoms with Crippen LogP contribution < -0.4 is 5.73 Å². The Balaban J connectivity index is 1.69. The van der Waals surface area contributed by atoms with Gasteiger partial charge in [0.05, 0.1) is 11.8 Å². The van der Waals surface area contributed by atoms with Gasteiger partial charge in [-0.2, -0.15) is 0 Å². The second-order valence-electron chi connectivity index (χ2n) is 6.61. The number of amides is 2. The summed E-state index contributed by atoms with van der Waals surface area (Å²) < 4.78 is 45.8. The minimum atomic E-state index is -1.14. The van der Waals surface area contributed by atoms with Gasteiger partial charge in [0, 0.05) is 26.0 Å². The number of primary amides is 1. The molecule has 1 aromatic heterocycles. The molecule has 0 aliphatic rings. The summed E-state index contributed by atoms with van der Waals surface area (Å²) in [6.07, 6.45) is 1.26. The van der Waals surface area contributed by atoms with Crippen molar-refractivity contribution in [2.24, 2.45) is 5.73 Å². The van der Waals surface area contributed by atoms with Crippen LogP contribution in [0.2, 0.25) is 0 Å². The number of rotatable bonds is 7. The number of nitrogens with zero attached hydrogens (tertiary/aromatic N) is 2. The third kappa shape index (κ3) is 4.68. The lowest BCUT2D eigenvalue weighted by Crippen LogP contribution is -2.39. The molecule has 156 valence electrons. The number of carbonyl (C=O) groups excluding carboxylic acids is 2. The first kappa shape index (κ1) is 21.1. The highest BCUT2D eigenvalue weighted by Crippen LogP contribution is 2.25. The summed E-state index contributed by atoms with van der Waals surface area (Å²) in [6.45, 7) is 0. The van der Waals surface area contributed by atoms with Gasteiger partial charge in [-0.15, -0.1) is 0 Å². The minimum Gasteiger partial charge on any atom is -0.441 e. The van der Waals surface area contributed by atoms with Crippen molar-refractivity contribution < 1.29 is 27.2 Å². The van der Waals surface area contributed by atoms with E-state index in [0.717, 1.165) is 23.1 Å². The van der Waals surface area contributed by atoms with Gasteiger partial charge in [0.1, 0.15) is 23.5 Å². The van der Waals surface area contributed by atoms with E-state index in [-0.39, 0.29) is 35.6 Å². The number of aryl methyl sites for hydroxylation is 1. The molecule has 0 spiro atoms. The van der Waals surface area contributed by atoms with Crippen LogP contribution in [0.1, 0.15) is 23.9 Å². The minimum absolute atomic E-state index is 0.0403. The summed E-state index contributed by atoms with van der Waals surface area (Å²) in [5.41, 5.74) is 5.70. The predicted molar refractivity (Wildman–Crippen MR) is 101 cm³/mol. The molecule has 1 atom stereocenters. The zero-order valence-corrected chi connectivity index (χ0v) is 15.9. The molecule has 1 unspecified atom stereocenters. The third-order valence-electron chi connectivity index (χ3n) is 4.52. The average Bonchev–Trinajstić information content (AvgIpc) is 3.14. The van der Waals surface area contributed by atoms with Gasteiger partial charge in [-0.05, 0) is 29.8 Å². The van der Waals surface area contributed by atoms with Crippen LogP contribution in [0.4, 0.5) is 13.2 Å². The van der Waals surface area contributed by atoms with Crippen molar-refractivity contribution in [3.63, 3.8) is 0 Å². The maximum absolute atomic E-state index is 13.9. The van der Waals surface area contributed by atoms with Gasteiger partial charge in [0.25, 0.3) is 0 Å². The Kier molecular flexibility index (Phi) is 6.20. The van der Waals surface area contributed by atoms with E-state index in [1.165, 1.54) is 37.5 Å². The van der Waals surface area contributed by atoms with Crippen LogP contribution in [0, 0.1) is 17.5 Å². The maximum atomic E-state index is 13.9. The molecule has 9 heteroatoms. The molecule has 6 nitrogen and oxygen atoms in total. The molecule has 0 saturated carbocycles. The lowest BCUT2D eigenvalue weighted by molar-refractivity contribution is -0.138. The van der Waals surface area contributed by atoms with E-state index in [4.69, 9.17) is 10.2 Å². The number of likely N-dealkylation sites (N-methyl/N-ethyl adjacent to an activating group) is 1. The van der Waals surface area contributed by atoms with Gasteiger partial charge in [-0.25, -0.2) is 18.2 Å². The van der Waals surface area contributed by atoms with Crippen LogP contribution in [-0.4, -0.2) is 28.7 Å². The summed E-state index contributed by atoms with van der Waals surface area (Å²) in [5.74, 6) is -3.06. The Bertz CT molecular complexity index is 1080. The van der Waals surface area contributed by atoms with Gasteiger partial charge in [-0.1, -0.05) is 12.1 Å². The fraction of sp³-hybridized carbons (Fsp3) is 0.190. The van der Waals surface area contributed by atoms with Gasteiger partial charge < -0.3 is 15.1 Å². The molecule has 0 radical (unpaired) electrons. The van der Waals surface area contributed by atoms with Crippen molar-refractivity contribution in [3.8, 4) is 11.3 Å². The van der Waals surface area contributed by atoms with Crippen molar-refractivity contribution in [2.45, 2.75) is 18.9 Å². The molecule has 3 rings (SSSR count). The number of hydrogen-bond donors (Lipinski definition) is 1. The van der Waals surface area contributed by atoms with Crippen molar-refractivity contribution in [3.05, 3.63) is 77.6 Å². The molecule has 3 aromatic rings. The standard InChI is InChI=1S/C21H18F3N3O3/c1-27(20(21(25)29)12-3-2-4-13(22)9-12)19(28)8-7-18-26-11-17(30-18)15-6-5-14(23)10-16(15)24/h2-6,9-11,20H,7-8H2,1H3,(H2,25,29). The van der Waals surface area contributed by atoms with Crippen molar-refractivity contribution in [2.75, 3.05) is 7.05 Å². The normalized spacial score (nSPS) is 11.9. The molecule has 0 aliphatic heterocycles. The van der Waals surface area contributed by atoms with Crippen molar-refractivity contribution >= 4 is 11.8 Å². The molecule has 0 aliphatic carbocycles. The Morgan fingerprint density at radius 1 is 1.13 bits per heavy atom. The van der Waals surface area contributed by atoms with E-state index in [0.29, 0.717) is 0 Å². The summed E-state index contributed by atoms with van der Waals surface area (Å²) in [5, 5.41) is 0. The Hall–Kier alpha value is -3.62. The second-order valence-corrected chi connectivity index (χ2v) is 6.61. The van der Waals surface area contributed by atoms with Crippen LogP contribution in [-0.2, 0) is 16.0 Å². The molecule has 30 heavy (non-hydrogen) atoms. The van der Waals surface area contributed by atoms with E-state index >= 15 is 0 Å². The van der Waals surface area contributed by atoms with Gasteiger partial charge in [-0.3, -0.25) is 9.59 Å². The average molecular weight is 417 g/mol. The predicted octanol–water partition coefficient (Wildman–Crippen LogP) is 3.38. The molecular weight excluding hydrogens is 399 g/mol. The molecule has 2 amide bonds. The topological polar surface area (TPSA) is 89.4 Å². The van der Waals surface area contributed by atoms with Crippen LogP contribution in [0.25, 0.3) is 11.3 Å². The van der Waals surface area contributed by atoms with Gasteiger partial charge in [0.15, 0.2) is 11.7 Å². The molecule has 1 heterocycles. The number of halogens is 3. The zero-order chi connectivity index (χ0) is 21.8. The number of benzene rings is 2. The molecule has 0 saturated heterocycles. The van der Waals surface area contributed by atoms with E-state index < -0.39 is 35.3 Å². The van der Waals surface area contributed by atoms with E-state index in [9.17, 15) is 22.8 Å². The van der Waals surface area contributed by atoms with E-state index in [1.54, 1.807) is 0 Å². The smallest absolute Gasteiger partial charge is 0.244 e. The van der Waals surface area contributed by atoms with Gasteiger partial charge >= 0.3 is 0 Å². The highest BCUT2D eigenvalue weighted by molar-refractivity contribution is 5.87. The first-order chi connectivity index (χ1) is 14.3. The Morgan fingerprint density at radius 3 is 2.53 bits per heavy atom. The van der Waals surface area contributed by atoms with Crippen molar-refractivity contribution in [1.82, 2.24) is 9.88 Å². The first-order valence-electron chi connectivity index (χ1n) is 8.97. The number of carbonyl (C=O) groups is 2. The van der Waals surface area contributed by atoms with Crippen LogP contribution in [0.3, 0.4) is 0 Å². The zero-order valence-electron chi connectivity index (χ0n) is 15.9. The molecule has 0 fully saturated rings. The van der Waals surface area contributed by atoms with Crippen LogP contribution in [0.15, 0.2) is 53.1 Å². The fourth-order valence-electron chi connectivity index (χ4n) is 3.03. The maximum Gasteiger partial charge on any atom is 0.244 e. The lowest BCUT2D eigenvalue weighted by atomic mass is 10.0. The molecule has 0 bridgehead atoms. The SMILES string of the molecule is CN(C(=O)CCc1ncc(-c2ccc(F)cc2F)o1)C(C(N)=O)c1cccc(F)c1. The van der Waals surface area contributed by atoms with Crippen molar-refractivity contribution in [1.29, 1.82) is 0 Å². The summed E-state index contributed by atoms with van der Waals surface area (Å²) in [4.78, 5) is 29.5. The van der Waals surface area contributed by atoms with E-state index in [1.807, 2.05) is 0 Å². The highest BCUT2D eigenvalue weighted by atomic mass is 19.1. The second kappa shape index (κ2) is 8.81. The summed E-state index contributed by atoms with van der Waals surface area (Å²) >= 11 is 0. The first-order valence-corrected chi connectivity index (χ1v) is 8.97. The monoisotopic (exact) mass is 417 g/mol. The number of hydrogen-bond acceptors (Lipinski definition) is 4. The van der Waals surface area contributed by atoms with Crippen LogP contribution in [0.5, 0.6) is 0 Å².